The van der Waals surface area contributed by atoms with Gasteiger partial charge in [-0.05, 0) is 77.9 Å². The highest BCUT2D eigenvalue weighted by Crippen LogP contribution is 2.30. The molecule has 2 aromatic heterocycles. The summed E-state index contributed by atoms with van der Waals surface area (Å²) in [7, 11) is 4.75. The van der Waals surface area contributed by atoms with Crippen molar-refractivity contribution in [2.24, 2.45) is 0 Å². The molecule has 1 N–H and O–H groups in total. The number of carbonyl (C=O) groups is 2. The molecule has 232 valence electrons. The van der Waals surface area contributed by atoms with E-state index in [0.29, 0.717) is 42.6 Å². The minimum Gasteiger partial charge on any atom is -0.497 e. The lowest BCUT2D eigenvalue weighted by Gasteiger charge is -2.31. The van der Waals surface area contributed by atoms with Gasteiger partial charge in [0.15, 0.2) is 11.5 Å². The van der Waals surface area contributed by atoms with Crippen molar-refractivity contribution in [3.8, 4) is 28.6 Å². The van der Waals surface area contributed by atoms with Gasteiger partial charge in [-0.2, -0.15) is 4.80 Å². The van der Waals surface area contributed by atoms with Crippen LogP contribution >= 0.6 is 11.3 Å². The molecular formula is C31H36N6O6S. The van der Waals surface area contributed by atoms with Gasteiger partial charge < -0.3 is 29.2 Å². The molecule has 0 spiro atoms. The molecule has 1 aliphatic rings. The summed E-state index contributed by atoms with van der Waals surface area (Å²) in [6.07, 6.45) is 2.29. The Balaban J connectivity index is 1.39. The molecular weight excluding hydrogens is 584 g/mol. The van der Waals surface area contributed by atoms with E-state index in [2.05, 4.69) is 20.7 Å². The summed E-state index contributed by atoms with van der Waals surface area (Å²) >= 11 is 1.42. The molecule has 0 aliphatic carbocycles. The normalized spacial score (nSPS) is 15.0. The molecule has 2 atom stereocenters. The number of amides is 2. The maximum absolute atomic E-state index is 14.0. The smallest absolute Gasteiger partial charge is 0.248 e. The van der Waals surface area contributed by atoms with Gasteiger partial charge in [-0.1, -0.05) is 12.1 Å². The summed E-state index contributed by atoms with van der Waals surface area (Å²) in [4.78, 5) is 31.4. The van der Waals surface area contributed by atoms with Gasteiger partial charge in [0.05, 0.1) is 27.4 Å². The maximum atomic E-state index is 14.0. The van der Waals surface area contributed by atoms with Crippen LogP contribution in [0.1, 0.15) is 29.3 Å². The van der Waals surface area contributed by atoms with E-state index < -0.39 is 6.04 Å². The number of tetrazole rings is 1. The van der Waals surface area contributed by atoms with Crippen molar-refractivity contribution in [1.29, 1.82) is 0 Å². The molecule has 4 aromatic rings. The van der Waals surface area contributed by atoms with Crippen LogP contribution in [-0.2, 0) is 27.3 Å². The number of hydrogen-bond donors (Lipinski definition) is 1. The Morgan fingerprint density at radius 1 is 1.09 bits per heavy atom. The molecule has 3 heterocycles. The first-order chi connectivity index (χ1) is 21.5. The van der Waals surface area contributed by atoms with Crippen molar-refractivity contribution in [2.45, 2.75) is 38.0 Å². The molecule has 5 rings (SSSR count). The number of carbonyl (C=O) groups excluding carboxylic acids is 2. The molecule has 0 radical (unpaired) electrons. The van der Waals surface area contributed by atoms with Gasteiger partial charge in [-0.3, -0.25) is 9.59 Å². The number of thiophene rings is 1. The third kappa shape index (κ3) is 7.53. The van der Waals surface area contributed by atoms with Crippen molar-refractivity contribution in [1.82, 2.24) is 30.4 Å². The van der Waals surface area contributed by atoms with Crippen molar-refractivity contribution in [3.63, 3.8) is 0 Å². The molecule has 44 heavy (non-hydrogen) atoms. The summed E-state index contributed by atoms with van der Waals surface area (Å²) in [5.41, 5.74) is 1.66. The van der Waals surface area contributed by atoms with E-state index in [1.807, 2.05) is 47.8 Å². The number of benzene rings is 2. The van der Waals surface area contributed by atoms with Crippen LogP contribution in [0.4, 0.5) is 0 Å². The molecule has 0 unspecified atom stereocenters. The first kappa shape index (κ1) is 31.0. The summed E-state index contributed by atoms with van der Waals surface area (Å²) in [6.45, 7) is 1.13. The van der Waals surface area contributed by atoms with Crippen molar-refractivity contribution in [3.05, 3.63) is 70.4 Å². The molecule has 1 fully saturated rings. The van der Waals surface area contributed by atoms with Crippen LogP contribution in [0.15, 0.2) is 60.0 Å². The van der Waals surface area contributed by atoms with Gasteiger partial charge in [0.25, 0.3) is 0 Å². The Bertz CT molecular complexity index is 1520. The second-order valence-electron chi connectivity index (χ2n) is 10.2. The van der Waals surface area contributed by atoms with Crippen molar-refractivity contribution >= 4 is 23.2 Å². The van der Waals surface area contributed by atoms with Gasteiger partial charge in [-0.25, -0.2) is 0 Å². The van der Waals surface area contributed by atoms with Gasteiger partial charge in [-0.15, -0.1) is 21.5 Å². The average molecular weight is 621 g/mol. The van der Waals surface area contributed by atoms with E-state index in [0.717, 1.165) is 28.8 Å². The topological polar surface area (TPSA) is 130 Å². The summed E-state index contributed by atoms with van der Waals surface area (Å²) in [5, 5.41) is 17.6. The van der Waals surface area contributed by atoms with Crippen LogP contribution in [0.2, 0.25) is 0 Å². The van der Waals surface area contributed by atoms with Crippen LogP contribution in [0, 0.1) is 0 Å². The molecule has 0 bridgehead atoms. The van der Waals surface area contributed by atoms with E-state index in [1.165, 1.54) is 16.1 Å². The Morgan fingerprint density at radius 2 is 1.91 bits per heavy atom. The van der Waals surface area contributed by atoms with Gasteiger partial charge >= 0.3 is 0 Å². The molecule has 1 saturated heterocycles. The standard InChI is InChI=1S/C31H36N6O6S/c1-40-23-11-9-22(10-12-23)30-33-35-37(34-30)20-28(38)36(15-14-21-8-13-25(41-2)26(18-21)42-3)29(27-7-5-17-44-27)31(39)32-19-24-6-4-16-43-24/h5,7-13,17-18,24,29H,4,6,14-16,19-20H2,1-3H3,(H,32,39)/t24-,29+/m1/s1. The number of nitrogens with zero attached hydrogens (tertiary/aromatic N) is 5. The number of rotatable bonds is 14. The predicted molar refractivity (Wildman–Crippen MR) is 164 cm³/mol. The van der Waals surface area contributed by atoms with Crippen LogP contribution in [0.5, 0.6) is 17.2 Å². The third-order valence-corrected chi connectivity index (χ3v) is 8.31. The van der Waals surface area contributed by atoms with Crippen LogP contribution in [0.3, 0.4) is 0 Å². The van der Waals surface area contributed by atoms with E-state index in [9.17, 15) is 9.59 Å². The Labute approximate surface area is 259 Å². The summed E-state index contributed by atoms with van der Waals surface area (Å²) in [5.74, 6) is 1.69. The van der Waals surface area contributed by atoms with Crippen LogP contribution < -0.4 is 19.5 Å². The Morgan fingerprint density at radius 3 is 2.59 bits per heavy atom. The van der Waals surface area contributed by atoms with Crippen LogP contribution in [-0.4, -0.2) is 84.1 Å². The fourth-order valence-electron chi connectivity index (χ4n) is 5.05. The molecule has 0 saturated carbocycles. The van der Waals surface area contributed by atoms with Crippen LogP contribution in [0.25, 0.3) is 11.4 Å². The zero-order chi connectivity index (χ0) is 30.9. The lowest BCUT2D eigenvalue weighted by atomic mass is 10.1. The fraction of sp³-hybridized carbons (Fsp3) is 0.387. The minimum atomic E-state index is -0.853. The zero-order valence-electron chi connectivity index (χ0n) is 25.0. The average Bonchev–Trinajstić information content (AvgIpc) is 3.86. The maximum Gasteiger partial charge on any atom is 0.248 e. The minimum absolute atomic E-state index is 0.0328. The summed E-state index contributed by atoms with van der Waals surface area (Å²) in [6, 6.07) is 15.8. The fourth-order valence-corrected chi connectivity index (χ4v) is 5.88. The third-order valence-electron chi connectivity index (χ3n) is 7.39. The molecule has 1 aliphatic heterocycles. The monoisotopic (exact) mass is 620 g/mol. The number of methoxy groups -OCH3 is 3. The zero-order valence-corrected chi connectivity index (χ0v) is 25.8. The second-order valence-corrected chi connectivity index (χ2v) is 11.2. The van der Waals surface area contributed by atoms with E-state index in [1.54, 1.807) is 38.4 Å². The first-order valence-corrected chi connectivity index (χ1v) is 15.2. The van der Waals surface area contributed by atoms with Gasteiger partial charge in [0.2, 0.25) is 17.6 Å². The SMILES string of the molecule is COc1ccc(-c2nnn(CC(=O)N(CCc3ccc(OC)c(OC)c3)[C@H](C(=O)NC[C@H]3CCCO3)c3cccs3)n2)cc1. The van der Waals surface area contributed by atoms with Gasteiger partial charge in [0.1, 0.15) is 18.3 Å². The number of nitrogens with one attached hydrogen (secondary N) is 1. The van der Waals surface area contributed by atoms with Crippen molar-refractivity contribution in [2.75, 3.05) is 41.0 Å². The largest absolute Gasteiger partial charge is 0.497 e. The molecule has 2 aromatic carbocycles. The number of aromatic nitrogens is 4. The molecule has 2 amide bonds. The Hall–Kier alpha value is -4.49. The van der Waals surface area contributed by atoms with Gasteiger partial charge in [0, 0.05) is 30.1 Å². The second kappa shape index (κ2) is 14.8. The predicted octanol–water partition coefficient (Wildman–Crippen LogP) is 3.54. The van der Waals surface area contributed by atoms with Crippen molar-refractivity contribution < 1.29 is 28.5 Å². The highest BCUT2D eigenvalue weighted by atomic mass is 32.1. The van der Waals surface area contributed by atoms with E-state index >= 15 is 0 Å². The number of hydrogen-bond acceptors (Lipinski definition) is 10. The summed E-state index contributed by atoms with van der Waals surface area (Å²) < 4.78 is 21.8. The van der Waals surface area contributed by atoms with E-state index in [-0.39, 0.29) is 31.0 Å². The first-order valence-electron chi connectivity index (χ1n) is 14.3. The highest BCUT2D eigenvalue weighted by Gasteiger charge is 2.33. The lowest BCUT2D eigenvalue weighted by molar-refractivity contribution is -0.141. The quantitative estimate of drug-likeness (QED) is 0.225. The lowest BCUT2D eigenvalue weighted by Crippen LogP contribution is -2.47. The van der Waals surface area contributed by atoms with E-state index in [4.69, 9.17) is 18.9 Å². The molecule has 12 nitrogen and oxygen atoms in total. The molecule has 13 heteroatoms. The highest BCUT2D eigenvalue weighted by molar-refractivity contribution is 7.10. The Kier molecular flexibility index (Phi) is 10.4. The number of ether oxygens (including phenoxy) is 4.